The van der Waals surface area contributed by atoms with Gasteiger partial charge in [-0.05, 0) is 100 Å². The maximum absolute atomic E-state index is 14.5. The van der Waals surface area contributed by atoms with E-state index < -0.39 is 202 Å². The van der Waals surface area contributed by atoms with Crippen molar-refractivity contribution in [1.82, 2.24) is 0 Å². The Morgan fingerprint density at radius 3 is 1.95 bits per heavy atom. The van der Waals surface area contributed by atoms with Gasteiger partial charge in [0.05, 0.1) is 57.1 Å². The monoisotopic (exact) mass is 1230 g/mol. The fourth-order valence-corrected chi connectivity index (χ4v) is 17.0. The van der Waals surface area contributed by atoms with Crippen LogP contribution >= 0.6 is 0 Å². The van der Waals surface area contributed by atoms with E-state index in [0.29, 0.717) is 32.1 Å². The third-order valence-corrected chi connectivity index (χ3v) is 21.5. The third-order valence-electron chi connectivity index (χ3n) is 21.5. The number of allylic oxidation sites excluding steroid dienone is 3. The van der Waals surface area contributed by atoms with Gasteiger partial charge in [0.25, 0.3) is 0 Å². The van der Waals surface area contributed by atoms with E-state index in [1.54, 1.807) is 0 Å². The molecule has 27 nitrogen and oxygen atoms in total. The Labute approximate surface area is 499 Å². The summed E-state index contributed by atoms with van der Waals surface area (Å²) in [6.45, 7) is 15.6. The molecule has 6 aliphatic heterocycles. The minimum absolute atomic E-state index is 0.00391. The van der Waals surface area contributed by atoms with Crippen LogP contribution in [0.25, 0.3) is 0 Å². The Kier molecular flexibility index (Phi) is 19.6. The van der Waals surface area contributed by atoms with Crippen molar-refractivity contribution >= 4 is 11.8 Å². The van der Waals surface area contributed by atoms with Gasteiger partial charge in [-0.15, -0.1) is 6.58 Å². The fraction of sp³-hybridized carbons (Fsp3) is 0.898. The first-order valence-electron chi connectivity index (χ1n) is 30.3. The minimum atomic E-state index is -1.97. The molecule has 0 radical (unpaired) electrons. The molecular formula is C59H92O27. The number of ketones is 1. The molecule has 10 aliphatic rings. The zero-order chi connectivity index (χ0) is 62.5. The van der Waals surface area contributed by atoms with E-state index in [0.717, 1.165) is 31.9 Å². The van der Waals surface area contributed by atoms with E-state index in [1.807, 2.05) is 13.8 Å². The summed E-state index contributed by atoms with van der Waals surface area (Å²) in [6, 6.07) is 0. The zero-order valence-electron chi connectivity index (χ0n) is 50.1. The number of hydrogen-bond acceptors (Lipinski definition) is 27. The number of rotatable bonds is 18. The number of carbonyl (C=O) groups excluding carboxylic acids is 2. The van der Waals surface area contributed by atoms with Gasteiger partial charge in [-0.1, -0.05) is 44.9 Å². The number of hydrogen-bond donors (Lipinski definition) is 12. The van der Waals surface area contributed by atoms with Crippen LogP contribution in [-0.2, 0) is 71.5 Å². The van der Waals surface area contributed by atoms with Crippen molar-refractivity contribution < 1.29 is 133 Å². The molecular weight excluding hydrogens is 1140 g/mol. The maximum atomic E-state index is 14.5. The van der Waals surface area contributed by atoms with Crippen LogP contribution in [0.3, 0.4) is 0 Å². The van der Waals surface area contributed by atoms with E-state index in [1.165, 1.54) is 12.5 Å². The molecule has 9 fully saturated rings. The number of aliphatic hydroxyl groups excluding tert-OH is 12. The highest BCUT2D eigenvalue weighted by Crippen LogP contribution is 2.75. The molecule has 12 N–H and O–H groups in total. The lowest BCUT2D eigenvalue weighted by Crippen LogP contribution is -2.66. The lowest BCUT2D eigenvalue weighted by Gasteiger charge is -2.63. The highest BCUT2D eigenvalue weighted by atomic mass is 17.2. The first-order chi connectivity index (χ1) is 40.5. The lowest BCUT2D eigenvalue weighted by atomic mass is 9.41. The predicted molar refractivity (Wildman–Crippen MR) is 288 cm³/mol. The fourth-order valence-electron chi connectivity index (χ4n) is 17.0. The molecule has 86 heavy (non-hydrogen) atoms. The average Bonchev–Trinajstić information content (AvgIpc) is 1.46. The van der Waals surface area contributed by atoms with Gasteiger partial charge in [0, 0.05) is 6.42 Å². The second-order valence-corrected chi connectivity index (χ2v) is 27.2. The Balaban J connectivity index is 0.857. The average molecular weight is 1230 g/mol. The van der Waals surface area contributed by atoms with Crippen LogP contribution in [0.2, 0.25) is 0 Å². The Hall–Kier alpha value is -2.34. The molecule has 4 aliphatic carbocycles. The second kappa shape index (κ2) is 25.3. The van der Waals surface area contributed by atoms with E-state index in [4.69, 9.17) is 57.0 Å². The summed E-state index contributed by atoms with van der Waals surface area (Å²) in [5.74, 6) is -0.843. The Morgan fingerprint density at radius 2 is 1.28 bits per heavy atom. The summed E-state index contributed by atoms with van der Waals surface area (Å²) >= 11 is 0. The number of Topliss-reactive ketones (excluding diaryl/α,β-unsaturated/α-hetero) is 1. The van der Waals surface area contributed by atoms with Crippen LogP contribution in [0.15, 0.2) is 23.8 Å². The molecule has 10 rings (SSSR count). The van der Waals surface area contributed by atoms with Crippen molar-refractivity contribution in [1.29, 1.82) is 0 Å². The summed E-state index contributed by atoms with van der Waals surface area (Å²) in [5.41, 5.74) is -1.32. The van der Waals surface area contributed by atoms with Gasteiger partial charge in [-0.2, -0.15) is 0 Å². The number of ether oxygens (including phenoxy) is 11. The number of aliphatic hydroxyl groups is 12. The van der Waals surface area contributed by atoms with E-state index in [2.05, 4.69) is 45.2 Å². The minimum Gasteiger partial charge on any atom is -0.458 e. The van der Waals surface area contributed by atoms with Crippen molar-refractivity contribution in [3.8, 4) is 0 Å². The molecule has 0 amide bonds. The number of cyclic esters (lactones) is 1. The van der Waals surface area contributed by atoms with Crippen LogP contribution in [0.5, 0.6) is 0 Å². The van der Waals surface area contributed by atoms with Crippen molar-refractivity contribution in [3.05, 3.63) is 23.8 Å². The molecule has 6 heterocycles. The smallest absolute Gasteiger partial charge is 0.314 e. The molecule has 490 valence electrons. The molecule has 0 aromatic carbocycles. The first kappa shape index (κ1) is 66.6. The van der Waals surface area contributed by atoms with Crippen molar-refractivity contribution in [3.63, 3.8) is 0 Å². The van der Waals surface area contributed by atoms with Gasteiger partial charge < -0.3 is 113 Å². The van der Waals surface area contributed by atoms with Gasteiger partial charge in [-0.3, -0.25) is 9.59 Å². The summed E-state index contributed by atoms with van der Waals surface area (Å²) < 4.78 is 66.9. The van der Waals surface area contributed by atoms with Crippen LogP contribution in [0, 0.1) is 39.4 Å². The quantitative estimate of drug-likeness (QED) is 0.0236. The molecule has 0 aromatic rings. The largest absolute Gasteiger partial charge is 0.458 e. The topological polar surface area (TPSA) is 397 Å². The first-order valence-corrected chi connectivity index (χ1v) is 30.3. The molecule has 0 aromatic heterocycles. The van der Waals surface area contributed by atoms with E-state index >= 15 is 0 Å². The van der Waals surface area contributed by atoms with Crippen molar-refractivity contribution in [2.24, 2.45) is 39.4 Å². The summed E-state index contributed by atoms with van der Waals surface area (Å²) in [4.78, 5) is 38.5. The van der Waals surface area contributed by atoms with Crippen molar-refractivity contribution in [2.45, 2.75) is 259 Å². The van der Waals surface area contributed by atoms with Gasteiger partial charge in [0.15, 0.2) is 37.6 Å². The SMILES string of the molecule is C=C(C)CCC[C@]1(C)OC(=O)[C@]23CC=C4[C@@H](CC[C@H]5C(C)(C)[C@@H](O[C@@H]6OC[C@@H](O[C@@H]7O[C@H](CO)[C@@H](O)[C@H](O)[C@H]7O)[C@H](O)[C@H]6O[C@@H]6O[C@H](C)[C@@H](O[C@@H]7OC[C@@H](O)[C@H](O[C@@H]8O[C@H](CO)[C@@H](O)[C@H](OOC)[C@H]8O)[C@H]7O)[C@H](O)[C@H]6O)CC[C@]45C)[C@]2(C)CC(=O)[C@@H]31. The highest BCUT2D eigenvalue weighted by molar-refractivity contribution is 5.99. The molecule has 0 bridgehead atoms. The molecule has 6 saturated heterocycles. The summed E-state index contributed by atoms with van der Waals surface area (Å²) in [7, 11) is 1.12. The number of carbonyl (C=O) groups is 2. The second-order valence-electron chi connectivity index (χ2n) is 27.2. The molecule has 27 heteroatoms. The number of fused-ring (bicyclic) bond motifs is 4. The normalized spacial score (nSPS) is 51.9. The predicted octanol–water partition coefficient (Wildman–Crippen LogP) is -1.81. The van der Waals surface area contributed by atoms with Crippen LogP contribution in [0.4, 0.5) is 0 Å². The van der Waals surface area contributed by atoms with Gasteiger partial charge >= 0.3 is 5.97 Å². The van der Waals surface area contributed by atoms with Crippen molar-refractivity contribution in [2.75, 3.05) is 33.5 Å². The van der Waals surface area contributed by atoms with Crippen LogP contribution < -0.4 is 0 Å². The lowest BCUT2D eigenvalue weighted by molar-refractivity contribution is -0.404. The van der Waals surface area contributed by atoms with E-state index in [9.17, 15) is 70.9 Å². The molecule has 0 unspecified atom stereocenters. The molecule has 1 spiro atoms. The highest BCUT2D eigenvalue weighted by Gasteiger charge is 2.79. The maximum Gasteiger partial charge on any atom is 0.314 e. The van der Waals surface area contributed by atoms with Gasteiger partial charge in [-0.25, -0.2) is 9.78 Å². The standard InChI is InChI=1S/C59H92O27/c1-24(2)11-10-16-58(8)48-28(62)19-57(7)27-12-13-33-55(4,5)34(15-17-56(33,6)26(27)14-18-59(48,57)54(73)85-58)81-53-47(37(66)32(23-76-53)80-51-40(69)38(67)35(64)30(20-60)78-51)84-50-41(70)39(68)44(25(3)77-50)82-49-42(71)45(29(63)22-75-49)83-52-43(72)46(86-74-9)36(65)31(21-61)79-52/h14,25,27,29-53,60-61,63-72H,1,10-13,15-23H2,2-9H3/t25-,27-,29-,30-,31-,32-,33+,34+,35-,36-,37+,38+,39-,40-,41-,42-,43-,44-,45+,46+,47-,48-,49+,50+,51+,52+,53+,56-,57+,58+,59-/m1/s1. The van der Waals surface area contributed by atoms with Gasteiger partial charge in [0.1, 0.15) is 109 Å². The molecule has 3 saturated carbocycles. The third kappa shape index (κ3) is 11.2. The van der Waals surface area contributed by atoms with E-state index in [-0.39, 0.29) is 35.4 Å². The Bertz CT molecular complexity index is 2450. The summed E-state index contributed by atoms with van der Waals surface area (Å²) in [5, 5.41) is 132. The van der Waals surface area contributed by atoms with Gasteiger partial charge in [0.2, 0.25) is 0 Å². The van der Waals surface area contributed by atoms with Crippen LogP contribution in [-0.4, -0.2) is 260 Å². The zero-order valence-corrected chi connectivity index (χ0v) is 50.1. The Morgan fingerprint density at radius 1 is 0.663 bits per heavy atom. The summed E-state index contributed by atoms with van der Waals surface area (Å²) in [6.07, 6.45) is -30.7. The van der Waals surface area contributed by atoms with Crippen LogP contribution in [0.1, 0.15) is 106 Å². The number of esters is 1. The molecule has 31 atom stereocenters.